The van der Waals surface area contributed by atoms with E-state index in [1.54, 1.807) is 18.3 Å². The van der Waals surface area contributed by atoms with E-state index >= 15 is 0 Å². The Bertz CT molecular complexity index is 825. The Kier molecular flexibility index (Phi) is 5.82. The number of rotatable bonds is 8. The summed E-state index contributed by atoms with van der Waals surface area (Å²) in [5.41, 5.74) is 0.667. The zero-order valence-corrected chi connectivity index (χ0v) is 14.5. The summed E-state index contributed by atoms with van der Waals surface area (Å²) >= 11 is 0. The van der Waals surface area contributed by atoms with E-state index in [1.807, 2.05) is 16.7 Å². The van der Waals surface area contributed by atoms with E-state index in [0.29, 0.717) is 5.39 Å². The van der Waals surface area contributed by atoms with Gasteiger partial charge in [0.05, 0.1) is 11.8 Å². The van der Waals surface area contributed by atoms with Crippen LogP contribution < -0.4 is 10.2 Å². The van der Waals surface area contributed by atoms with Crippen LogP contribution >= 0.6 is 0 Å². The molecule has 0 unspecified atom stereocenters. The monoisotopic (exact) mass is 336 g/mol. The number of pyridine rings is 1. The zero-order chi connectivity index (χ0) is 16.9. The molecule has 0 amide bonds. The number of anilines is 1. The first-order chi connectivity index (χ1) is 10.9. The molecule has 0 saturated heterocycles. The maximum absolute atomic E-state index is 12.4. The number of aryl methyl sites for hydroxylation is 1. The average molecular weight is 336 g/mol. The molecule has 2 rings (SSSR count). The first-order valence-electron chi connectivity index (χ1n) is 8.02. The summed E-state index contributed by atoms with van der Waals surface area (Å²) in [6.45, 7) is 2.95. The zero-order valence-electron chi connectivity index (χ0n) is 13.7. The number of hydrogen-bond donors (Lipinski definition) is 1. The minimum Gasteiger partial charge on any atom is -0.345 e. The normalized spacial score (nSPS) is 11.7. The molecular weight excluding hydrogens is 312 g/mol. The molecule has 0 radical (unpaired) electrons. The predicted molar refractivity (Wildman–Crippen MR) is 95.4 cm³/mol. The van der Waals surface area contributed by atoms with Crippen molar-refractivity contribution in [2.75, 3.05) is 11.0 Å². The Morgan fingerprint density at radius 1 is 1.09 bits per heavy atom. The number of benzene rings is 1. The first-order valence-corrected chi connectivity index (χ1v) is 9.91. The fraction of sp³-hybridized carbons (Fsp3) is 0.471. The number of nitrogens with one attached hydrogen (secondary N) is 1. The minimum absolute atomic E-state index is 0.111. The molecule has 1 aromatic heterocycles. The van der Waals surface area contributed by atoms with Crippen LogP contribution in [0.2, 0.25) is 0 Å². The van der Waals surface area contributed by atoms with Crippen LogP contribution in [-0.4, -0.2) is 19.2 Å². The molecule has 23 heavy (non-hydrogen) atoms. The number of unbranched alkanes of at least 4 members (excludes halogenated alkanes) is 4. The van der Waals surface area contributed by atoms with E-state index in [-0.39, 0.29) is 11.1 Å². The van der Waals surface area contributed by atoms with E-state index in [2.05, 4.69) is 11.6 Å². The molecule has 126 valence electrons. The standard InChI is InChI=1S/C17H24N2O3S/c1-3-4-5-6-9-12-19-13-15(18-23(2,21)22)17(20)14-10-7-8-11-16(14)19/h7-8,10-11,13,18H,3-6,9,12H2,1-2H3. The van der Waals surface area contributed by atoms with Gasteiger partial charge in [0.1, 0.15) is 5.69 Å². The number of para-hydroxylation sites is 1. The first kappa shape index (κ1) is 17.5. The van der Waals surface area contributed by atoms with Crippen molar-refractivity contribution in [1.82, 2.24) is 4.57 Å². The maximum atomic E-state index is 12.4. The van der Waals surface area contributed by atoms with Crippen molar-refractivity contribution in [1.29, 1.82) is 0 Å². The van der Waals surface area contributed by atoms with Crippen molar-refractivity contribution in [2.24, 2.45) is 0 Å². The number of hydrogen-bond acceptors (Lipinski definition) is 3. The number of sulfonamides is 1. The van der Waals surface area contributed by atoms with Gasteiger partial charge in [0.2, 0.25) is 15.5 Å². The van der Waals surface area contributed by atoms with Crippen LogP contribution in [0.4, 0.5) is 5.69 Å². The maximum Gasteiger partial charge on any atom is 0.229 e. The summed E-state index contributed by atoms with van der Waals surface area (Å²) in [5, 5.41) is 0.537. The van der Waals surface area contributed by atoms with Crippen LogP contribution in [0.3, 0.4) is 0 Å². The van der Waals surface area contributed by atoms with Crippen LogP contribution in [0.1, 0.15) is 39.0 Å². The van der Waals surface area contributed by atoms with Crippen molar-refractivity contribution in [3.63, 3.8) is 0 Å². The summed E-state index contributed by atoms with van der Waals surface area (Å²) in [5.74, 6) is 0. The van der Waals surface area contributed by atoms with Gasteiger partial charge in [0, 0.05) is 18.1 Å². The summed E-state index contributed by atoms with van der Waals surface area (Å²) in [4.78, 5) is 12.4. The van der Waals surface area contributed by atoms with E-state index in [1.165, 1.54) is 19.3 Å². The summed E-state index contributed by atoms with van der Waals surface area (Å²) < 4.78 is 27.2. The highest BCUT2D eigenvalue weighted by Crippen LogP contribution is 2.16. The molecule has 0 aliphatic heterocycles. The van der Waals surface area contributed by atoms with Gasteiger partial charge in [-0.15, -0.1) is 0 Å². The molecule has 6 heteroatoms. The van der Waals surface area contributed by atoms with Gasteiger partial charge in [-0.1, -0.05) is 44.7 Å². The molecule has 0 saturated carbocycles. The molecule has 0 fully saturated rings. The molecule has 1 heterocycles. The molecule has 1 N–H and O–H groups in total. The fourth-order valence-electron chi connectivity index (χ4n) is 2.69. The van der Waals surface area contributed by atoms with Crippen molar-refractivity contribution >= 4 is 26.6 Å². The van der Waals surface area contributed by atoms with Gasteiger partial charge in [-0.3, -0.25) is 9.52 Å². The minimum atomic E-state index is -3.48. The largest absolute Gasteiger partial charge is 0.345 e. The lowest BCUT2D eigenvalue weighted by atomic mass is 10.1. The van der Waals surface area contributed by atoms with Crippen molar-refractivity contribution < 1.29 is 8.42 Å². The molecule has 0 bridgehead atoms. The van der Waals surface area contributed by atoms with Gasteiger partial charge in [0.15, 0.2) is 0 Å². The summed E-state index contributed by atoms with van der Waals surface area (Å²) in [6.07, 6.45) is 8.43. The Balaban J connectivity index is 2.34. The summed E-state index contributed by atoms with van der Waals surface area (Å²) in [7, 11) is -3.48. The van der Waals surface area contributed by atoms with Crippen LogP contribution in [0, 0.1) is 0 Å². The fourth-order valence-corrected chi connectivity index (χ4v) is 3.23. The highest BCUT2D eigenvalue weighted by Gasteiger charge is 2.11. The van der Waals surface area contributed by atoms with Gasteiger partial charge >= 0.3 is 0 Å². The van der Waals surface area contributed by atoms with Gasteiger partial charge in [-0.05, 0) is 18.6 Å². The van der Waals surface area contributed by atoms with Crippen molar-refractivity contribution in [3.8, 4) is 0 Å². The van der Waals surface area contributed by atoms with E-state index < -0.39 is 10.0 Å². The van der Waals surface area contributed by atoms with Crippen LogP contribution in [-0.2, 0) is 16.6 Å². The van der Waals surface area contributed by atoms with Crippen molar-refractivity contribution in [2.45, 2.75) is 45.6 Å². The van der Waals surface area contributed by atoms with Gasteiger partial charge < -0.3 is 4.57 Å². The lowest BCUT2D eigenvalue weighted by Crippen LogP contribution is -2.19. The second-order valence-corrected chi connectivity index (χ2v) is 7.62. The summed E-state index contributed by atoms with van der Waals surface area (Å²) in [6, 6.07) is 7.31. The Labute approximate surface area is 137 Å². The van der Waals surface area contributed by atoms with Gasteiger partial charge in [0.25, 0.3) is 0 Å². The highest BCUT2D eigenvalue weighted by molar-refractivity contribution is 7.92. The van der Waals surface area contributed by atoms with Crippen LogP contribution in [0.25, 0.3) is 10.9 Å². The highest BCUT2D eigenvalue weighted by atomic mass is 32.2. The lowest BCUT2D eigenvalue weighted by Gasteiger charge is -2.14. The molecule has 0 atom stereocenters. The van der Waals surface area contributed by atoms with Gasteiger partial charge in [-0.25, -0.2) is 8.42 Å². The molecule has 0 aliphatic carbocycles. The smallest absolute Gasteiger partial charge is 0.229 e. The molecule has 2 aromatic rings. The lowest BCUT2D eigenvalue weighted by molar-refractivity contribution is 0.576. The molecule has 5 nitrogen and oxygen atoms in total. The van der Waals surface area contributed by atoms with Crippen molar-refractivity contribution in [3.05, 3.63) is 40.7 Å². The Morgan fingerprint density at radius 2 is 1.78 bits per heavy atom. The number of nitrogens with zero attached hydrogens (tertiary/aromatic N) is 1. The van der Waals surface area contributed by atoms with E-state index in [0.717, 1.165) is 31.2 Å². The third-order valence-electron chi connectivity index (χ3n) is 3.79. The SMILES string of the molecule is CCCCCCCn1cc(NS(C)(=O)=O)c(=O)c2ccccc21. The Morgan fingerprint density at radius 3 is 2.48 bits per heavy atom. The third kappa shape index (κ3) is 4.82. The topological polar surface area (TPSA) is 68.2 Å². The quantitative estimate of drug-likeness (QED) is 0.752. The second-order valence-electron chi connectivity index (χ2n) is 5.87. The Hall–Kier alpha value is -1.82. The van der Waals surface area contributed by atoms with Crippen LogP contribution in [0.15, 0.2) is 35.3 Å². The molecule has 0 spiro atoms. The average Bonchev–Trinajstić information content (AvgIpc) is 2.50. The van der Waals surface area contributed by atoms with Gasteiger partial charge in [-0.2, -0.15) is 0 Å². The van der Waals surface area contributed by atoms with Crippen LogP contribution in [0.5, 0.6) is 0 Å². The second kappa shape index (κ2) is 7.64. The number of fused-ring (bicyclic) bond motifs is 1. The number of aromatic nitrogens is 1. The van der Waals surface area contributed by atoms with E-state index in [9.17, 15) is 13.2 Å². The molecular formula is C17H24N2O3S. The molecule has 0 aliphatic rings. The molecule has 1 aromatic carbocycles. The third-order valence-corrected chi connectivity index (χ3v) is 4.38. The van der Waals surface area contributed by atoms with E-state index in [4.69, 9.17) is 0 Å². The predicted octanol–water partition coefficient (Wildman–Crippen LogP) is 3.34.